The molecule has 13 heavy (non-hydrogen) atoms. The highest BCUT2D eigenvalue weighted by atomic mass is 16.5. The van der Waals surface area contributed by atoms with Crippen LogP contribution in [0.4, 0.5) is 0 Å². The van der Waals surface area contributed by atoms with Gasteiger partial charge in [0.1, 0.15) is 0 Å². The Kier molecular flexibility index (Phi) is 3.73. The number of rotatable bonds is 3. The summed E-state index contributed by atoms with van der Waals surface area (Å²) in [5.41, 5.74) is 0. The molecule has 1 amide bonds. The van der Waals surface area contributed by atoms with Gasteiger partial charge >= 0.3 is 5.97 Å². The quantitative estimate of drug-likeness (QED) is 0.513. The van der Waals surface area contributed by atoms with Gasteiger partial charge in [-0.3, -0.25) is 9.59 Å². The van der Waals surface area contributed by atoms with Crippen LogP contribution in [0.2, 0.25) is 0 Å². The molecule has 74 valence electrons. The van der Waals surface area contributed by atoms with Gasteiger partial charge in [-0.25, -0.2) is 0 Å². The Hall–Kier alpha value is -1.06. The fraction of sp³-hybridized carbons (Fsp3) is 0.778. The summed E-state index contributed by atoms with van der Waals surface area (Å²) in [7, 11) is 1.40. The van der Waals surface area contributed by atoms with E-state index in [9.17, 15) is 9.59 Å². The van der Waals surface area contributed by atoms with E-state index in [0.29, 0.717) is 12.8 Å². The number of ether oxygens (including phenoxy) is 1. The van der Waals surface area contributed by atoms with E-state index in [1.165, 1.54) is 7.11 Å². The molecule has 0 spiro atoms. The molecule has 1 aliphatic rings. The molecule has 0 aromatic rings. The third kappa shape index (κ3) is 2.72. The monoisotopic (exact) mass is 185 g/mol. The van der Waals surface area contributed by atoms with Crippen molar-refractivity contribution in [2.24, 2.45) is 5.92 Å². The standard InChI is InChI=1S/C9H15NO3/c1-13-9(12)7-3-2-4-8(5-7)10-6-11/h6-8H,2-5H2,1H3,(H,10,11). The predicted molar refractivity (Wildman–Crippen MR) is 47.0 cm³/mol. The normalized spacial score (nSPS) is 27.8. The number of esters is 1. The first-order valence-corrected chi connectivity index (χ1v) is 4.55. The van der Waals surface area contributed by atoms with Crippen LogP contribution in [0.25, 0.3) is 0 Å². The van der Waals surface area contributed by atoms with Crippen LogP contribution in [0.1, 0.15) is 25.7 Å². The van der Waals surface area contributed by atoms with E-state index >= 15 is 0 Å². The molecule has 1 aliphatic carbocycles. The van der Waals surface area contributed by atoms with Gasteiger partial charge in [0.25, 0.3) is 0 Å². The van der Waals surface area contributed by atoms with Crippen LogP contribution >= 0.6 is 0 Å². The molecule has 0 radical (unpaired) electrons. The van der Waals surface area contributed by atoms with Gasteiger partial charge in [0.2, 0.25) is 6.41 Å². The zero-order valence-corrected chi connectivity index (χ0v) is 7.79. The van der Waals surface area contributed by atoms with Gasteiger partial charge in [0, 0.05) is 6.04 Å². The average Bonchev–Trinajstić information content (AvgIpc) is 2.18. The second-order valence-electron chi connectivity index (χ2n) is 3.37. The highest BCUT2D eigenvalue weighted by Gasteiger charge is 2.27. The lowest BCUT2D eigenvalue weighted by atomic mass is 9.86. The predicted octanol–water partition coefficient (Wildman–Crippen LogP) is 0.464. The molecule has 0 saturated heterocycles. The molecule has 1 saturated carbocycles. The number of carbonyl (C=O) groups is 2. The van der Waals surface area contributed by atoms with Gasteiger partial charge in [-0.2, -0.15) is 0 Å². The summed E-state index contributed by atoms with van der Waals surface area (Å²) in [6.45, 7) is 0. The third-order valence-electron chi connectivity index (χ3n) is 2.51. The highest BCUT2D eigenvalue weighted by molar-refractivity contribution is 5.72. The van der Waals surface area contributed by atoms with E-state index in [4.69, 9.17) is 0 Å². The summed E-state index contributed by atoms with van der Waals surface area (Å²) in [5.74, 6) is -0.186. The second kappa shape index (κ2) is 4.84. The van der Waals surface area contributed by atoms with Crippen LogP contribution in [-0.2, 0) is 14.3 Å². The Labute approximate surface area is 77.6 Å². The molecule has 0 heterocycles. The van der Waals surface area contributed by atoms with Crippen LogP contribution in [0, 0.1) is 5.92 Å². The number of amides is 1. The van der Waals surface area contributed by atoms with Crippen LogP contribution < -0.4 is 5.32 Å². The molecule has 0 bridgehead atoms. The van der Waals surface area contributed by atoms with Crippen molar-refractivity contribution in [2.45, 2.75) is 31.7 Å². The maximum absolute atomic E-state index is 11.2. The molecule has 0 aromatic carbocycles. The Morgan fingerprint density at radius 1 is 1.54 bits per heavy atom. The van der Waals surface area contributed by atoms with E-state index in [-0.39, 0.29) is 17.9 Å². The lowest BCUT2D eigenvalue weighted by Gasteiger charge is -2.26. The molecule has 0 aromatic heterocycles. The summed E-state index contributed by atoms with van der Waals surface area (Å²) in [6, 6.07) is 0.148. The van der Waals surface area contributed by atoms with Crippen molar-refractivity contribution < 1.29 is 14.3 Å². The van der Waals surface area contributed by atoms with E-state index in [1.54, 1.807) is 0 Å². The number of nitrogens with one attached hydrogen (secondary N) is 1. The summed E-state index contributed by atoms with van der Waals surface area (Å²) in [5, 5.41) is 2.71. The van der Waals surface area contributed by atoms with E-state index in [2.05, 4.69) is 10.1 Å². The van der Waals surface area contributed by atoms with Gasteiger partial charge in [-0.15, -0.1) is 0 Å². The fourth-order valence-electron chi connectivity index (χ4n) is 1.82. The molecule has 1 N–H and O–H groups in total. The minimum Gasteiger partial charge on any atom is -0.469 e. The van der Waals surface area contributed by atoms with E-state index in [1.807, 2.05) is 0 Å². The first kappa shape index (κ1) is 10.0. The van der Waals surface area contributed by atoms with Crippen molar-refractivity contribution in [3.05, 3.63) is 0 Å². The van der Waals surface area contributed by atoms with Crippen LogP contribution in [-0.4, -0.2) is 25.5 Å². The summed E-state index contributed by atoms with van der Waals surface area (Å²) in [6.07, 6.45) is 4.23. The summed E-state index contributed by atoms with van der Waals surface area (Å²) >= 11 is 0. The maximum atomic E-state index is 11.2. The highest BCUT2D eigenvalue weighted by Crippen LogP contribution is 2.24. The first-order chi connectivity index (χ1) is 6.27. The number of methoxy groups -OCH3 is 1. The minimum atomic E-state index is -0.155. The van der Waals surface area contributed by atoms with Gasteiger partial charge < -0.3 is 10.1 Å². The van der Waals surface area contributed by atoms with Crippen molar-refractivity contribution in [1.29, 1.82) is 0 Å². The average molecular weight is 185 g/mol. The lowest BCUT2D eigenvalue weighted by molar-refractivity contribution is -0.147. The van der Waals surface area contributed by atoms with Crippen molar-refractivity contribution in [2.75, 3.05) is 7.11 Å². The molecule has 2 atom stereocenters. The minimum absolute atomic E-state index is 0.0313. The lowest BCUT2D eigenvalue weighted by Crippen LogP contribution is -2.35. The van der Waals surface area contributed by atoms with Gasteiger partial charge in [-0.1, -0.05) is 6.42 Å². The fourth-order valence-corrected chi connectivity index (χ4v) is 1.82. The topological polar surface area (TPSA) is 55.4 Å². The molecule has 4 nitrogen and oxygen atoms in total. The largest absolute Gasteiger partial charge is 0.469 e. The second-order valence-corrected chi connectivity index (χ2v) is 3.37. The smallest absolute Gasteiger partial charge is 0.308 e. The van der Waals surface area contributed by atoms with Crippen LogP contribution in [0.5, 0.6) is 0 Å². The summed E-state index contributed by atoms with van der Waals surface area (Å²) < 4.78 is 4.66. The first-order valence-electron chi connectivity index (χ1n) is 4.55. The zero-order chi connectivity index (χ0) is 9.68. The van der Waals surface area contributed by atoms with Crippen molar-refractivity contribution in [1.82, 2.24) is 5.32 Å². The van der Waals surface area contributed by atoms with Crippen molar-refractivity contribution in [3.8, 4) is 0 Å². The van der Waals surface area contributed by atoms with Crippen molar-refractivity contribution >= 4 is 12.4 Å². The van der Waals surface area contributed by atoms with Gasteiger partial charge in [0.15, 0.2) is 0 Å². The van der Waals surface area contributed by atoms with E-state index in [0.717, 1.165) is 19.3 Å². The number of hydrogen-bond acceptors (Lipinski definition) is 3. The van der Waals surface area contributed by atoms with E-state index < -0.39 is 0 Å². The summed E-state index contributed by atoms with van der Waals surface area (Å²) in [4.78, 5) is 21.4. The third-order valence-corrected chi connectivity index (χ3v) is 2.51. The number of hydrogen-bond donors (Lipinski definition) is 1. The molecular formula is C9H15NO3. The molecule has 0 aliphatic heterocycles. The molecule has 4 heteroatoms. The SMILES string of the molecule is COC(=O)C1CCCC(NC=O)C1. The van der Waals surface area contributed by atoms with Gasteiger partial charge in [-0.05, 0) is 19.3 Å². The van der Waals surface area contributed by atoms with Gasteiger partial charge in [0.05, 0.1) is 13.0 Å². The van der Waals surface area contributed by atoms with Crippen LogP contribution in [0.15, 0.2) is 0 Å². The Balaban J connectivity index is 2.41. The number of carbonyl (C=O) groups excluding carboxylic acids is 2. The zero-order valence-electron chi connectivity index (χ0n) is 7.79. The molecule has 1 fully saturated rings. The molecule has 1 rings (SSSR count). The van der Waals surface area contributed by atoms with Crippen LogP contribution in [0.3, 0.4) is 0 Å². The molecule has 2 unspecified atom stereocenters. The Morgan fingerprint density at radius 3 is 2.92 bits per heavy atom. The van der Waals surface area contributed by atoms with Crippen molar-refractivity contribution in [3.63, 3.8) is 0 Å². The molecular weight excluding hydrogens is 170 g/mol. The Morgan fingerprint density at radius 2 is 2.31 bits per heavy atom. The maximum Gasteiger partial charge on any atom is 0.308 e. The Bertz CT molecular complexity index is 193.